The Morgan fingerprint density at radius 3 is 2.64 bits per heavy atom. The van der Waals surface area contributed by atoms with Crippen LogP contribution in [0.2, 0.25) is 0 Å². The van der Waals surface area contributed by atoms with Crippen molar-refractivity contribution in [1.29, 1.82) is 0 Å². The van der Waals surface area contributed by atoms with E-state index >= 15 is 0 Å². The zero-order chi connectivity index (χ0) is 18.3. The van der Waals surface area contributed by atoms with Crippen LogP contribution in [0.3, 0.4) is 0 Å². The van der Waals surface area contributed by atoms with Crippen molar-refractivity contribution in [2.75, 3.05) is 14.2 Å². The van der Waals surface area contributed by atoms with Gasteiger partial charge < -0.3 is 10.1 Å². The third-order valence-corrected chi connectivity index (χ3v) is 5.03. The molecule has 0 spiro atoms. The zero-order valence-corrected chi connectivity index (χ0v) is 15.0. The number of sulfonamides is 1. The molecule has 0 saturated carbocycles. The number of aromatic amines is 1. The van der Waals surface area contributed by atoms with E-state index in [0.29, 0.717) is 26.0 Å². The molecule has 1 aromatic carbocycles. The summed E-state index contributed by atoms with van der Waals surface area (Å²) in [4.78, 5) is 12.1. The molecule has 1 amide bonds. The number of carbonyl (C=O) groups is 1. The van der Waals surface area contributed by atoms with Gasteiger partial charge in [-0.05, 0) is 37.2 Å². The summed E-state index contributed by atoms with van der Waals surface area (Å²) in [5, 5.41) is 9.71. The summed E-state index contributed by atoms with van der Waals surface area (Å²) in [6, 6.07) is 8.32. The van der Waals surface area contributed by atoms with Gasteiger partial charge in [-0.2, -0.15) is 5.10 Å². The summed E-state index contributed by atoms with van der Waals surface area (Å²) in [6.07, 6.45) is 0.848. The van der Waals surface area contributed by atoms with Crippen LogP contribution in [0.15, 0.2) is 35.2 Å². The minimum Gasteiger partial charge on any atom is -0.378 e. The Morgan fingerprint density at radius 2 is 2.00 bits per heavy atom. The van der Waals surface area contributed by atoms with Gasteiger partial charge >= 0.3 is 0 Å². The van der Waals surface area contributed by atoms with Crippen LogP contribution in [0.5, 0.6) is 0 Å². The van der Waals surface area contributed by atoms with Crippen molar-refractivity contribution in [3.8, 4) is 0 Å². The van der Waals surface area contributed by atoms with Gasteiger partial charge in [0, 0.05) is 13.5 Å². The first kappa shape index (κ1) is 19.1. The smallest absolute Gasteiger partial charge is 0.240 e. The number of nitrogens with zero attached hydrogens (tertiary/aromatic N) is 1. The van der Waals surface area contributed by atoms with Crippen molar-refractivity contribution >= 4 is 15.9 Å². The molecular weight excluding hydrogens is 344 g/mol. The van der Waals surface area contributed by atoms with Crippen LogP contribution < -0.4 is 10.0 Å². The number of benzene rings is 1. The number of rotatable bonds is 9. The van der Waals surface area contributed by atoms with Gasteiger partial charge in [0.15, 0.2) is 0 Å². The van der Waals surface area contributed by atoms with Crippen LogP contribution in [0.25, 0.3) is 0 Å². The van der Waals surface area contributed by atoms with Gasteiger partial charge in [-0.25, -0.2) is 13.1 Å². The molecule has 9 heteroatoms. The molecule has 0 radical (unpaired) electrons. The number of amides is 1. The fourth-order valence-corrected chi connectivity index (χ4v) is 2.94. The molecule has 1 heterocycles. The summed E-state index contributed by atoms with van der Waals surface area (Å²) in [5.74, 6) is -0.0881. The molecule has 0 bridgehead atoms. The molecule has 1 aromatic heterocycles. The summed E-state index contributed by atoms with van der Waals surface area (Å²) in [5.41, 5.74) is 2.49. The number of H-pyrrole nitrogens is 1. The van der Waals surface area contributed by atoms with E-state index in [2.05, 4.69) is 20.2 Å². The predicted octanol–water partition coefficient (Wildman–Crippen LogP) is 0.713. The van der Waals surface area contributed by atoms with Crippen LogP contribution >= 0.6 is 0 Å². The summed E-state index contributed by atoms with van der Waals surface area (Å²) >= 11 is 0. The van der Waals surface area contributed by atoms with Crippen LogP contribution in [-0.4, -0.2) is 38.7 Å². The minimum absolute atomic E-state index is 0.0881. The topological polar surface area (TPSA) is 113 Å². The first-order valence-electron chi connectivity index (χ1n) is 7.76. The average Bonchev–Trinajstić information content (AvgIpc) is 3.06. The Morgan fingerprint density at radius 1 is 1.28 bits per heavy atom. The SMILES string of the molecule is CNS(=O)(=O)c1ccc(CCC(=O)NCc2cc(COC)n[nH]2)cc1. The van der Waals surface area contributed by atoms with Crippen LogP contribution in [0.4, 0.5) is 0 Å². The fourth-order valence-electron chi connectivity index (χ4n) is 2.21. The first-order valence-corrected chi connectivity index (χ1v) is 9.24. The third-order valence-electron chi connectivity index (χ3n) is 3.60. The quantitative estimate of drug-likeness (QED) is 0.605. The van der Waals surface area contributed by atoms with Gasteiger partial charge in [-0.3, -0.25) is 9.89 Å². The van der Waals surface area contributed by atoms with Crippen molar-refractivity contribution < 1.29 is 17.9 Å². The minimum atomic E-state index is -3.44. The lowest BCUT2D eigenvalue weighted by Crippen LogP contribution is -2.23. The van der Waals surface area contributed by atoms with E-state index in [4.69, 9.17) is 4.74 Å². The summed E-state index contributed by atoms with van der Waals surface area (Å²) in [7, 11) is -0.475. The Kier molecular flexibility index (Phi) is 6.68. The third kappa shape index (κ3) is 5.66. The Balaban J connectivity index is 1.79. The van der Waals surface area contributed by atoms with E-state index in [0.717, 1.165) is 17.0 Å². The molecule has 3 N–H and O–H groups in total. The fraction of sp³-hybridized carbons (Fsp3) is 0.375. The highest BCUT2D eigenvalue weighted by molar-refractivity contribution is 7.89. The molecule has 0 aliphatic heterocycles. The normalized spacial score (nSPS) is 11.4. The highest BCUT2D eigenvalue weighted by Gasteiger charge is 2.11. The second-order valence-corrected chi connectivity index (χ2v) is 7.33. The Labute approximate surface area is 147 Å². The van der Waals surface area contributed by atoms with Crippen molar-refractivity contribution in [3.63, 3.8) is 0 Å². The lowest BCUT2D eigenvalue weighted by Gasteiger charge is -2.06. The van der Waals surface area contributed by atoms with E-state index in [9.17, 15) is 13.2 Å². The molecule has 25 heavy (non-hydrogen) atoms. The number of hydrogen-bond acceptors (Lipinski definition) is 5. The maximum Gasteiger partial charge on any atom is 0.240 e. The number of nitrogens with one attached hydrogen (secondary N) is 3. The molecule has 0 atom stereocenters. The van der Waals surface area contributed by atoms with Crippen LogP contribution in [0.1, 0.15) is 23.4 Å². The molecule has 0 aliphatic rings. The Hall–Kier alpha value is -2.23. The van der Waals surface area contributed by atoms with Gasteiger partial charge in [-0.1, -0.05) is 12.1 Å². The molecule has 2 rings (SSSR count). The molecule has 8 nitrogen and oxygen atoms in total. The summed E-state index contributed by atoms with van der Waals surface area (Å²) in [6.45, 7) is 0.790. The molecule has 0 saturated heterocycles. The van der Waals surface area contributed by atoms with Crippen molar-refractivity contribution in [2.24, 2.45) is 0 Å². The van der Waals surface area contributed by atoms with Gasteiger partial charge in [0.2, 0.25) is 15.9 Å². The first-order chi connectivity index (χ1) is 11.9. The van der Waals surface area contributed by atoms with Crippen molar-refractivity contribution in [1.82, 2.24) is 20.2 Å². The molecule has 0 aliphatic carbocycles. The lowest BCUT2D eigenvalue weighted by molar-refractivity contribution is -0.121. The zero-order valence-electron chi connectivity index (χ0n) is 14.2. The predicted molar refractivity (Wildman–Crippen MR) is 92.2 cm³/mol. The van der Waals surface area contributed by atoms with Crippen molar-refractivity contribution in [3.05, 3.63) is 47.3 Å². The molecule has 0 fully saturated rings. The monoisotopic (exact) mass is 366 g/mol. The van der Waals surface area contributed by atoms with Crippen LogP contribution in [-0.2, 0) is 39.1 Å². The lowest BCUT2D eigenvalue weighted by atomic mass is 10.1. The van der Waals surface area contributed by atoms with Crippen LogP contribution in [0, 0.1) is 0 Å². The highest BCUT2D eigenvalue weighted by atomic mass is 32.2. The second-order valence-electron chi connectivity index (χ2n) is 5.45. The number of carbonyl (C=O) groups excluding carboxylic acids is 1. The van der Waals surface area contributed by atoms with Gasteiger partial charge in [0.1, 0.15) is 0 Å². The second kappa shape index (κ2) is 8.75. The van der Waals surface area contributed by atoms with E-state index in [1.165, 1.54) is 19.2 Å². The van der Waals surface area contributed by atoms with Crippen molar-refractivity contribution in [2.45, 2.75) is 30.9 Å². The van der Waals surface area contributed by atoms with E-state index < -0.39 is 10.0 Å². The summed E-state index contributed by atoms with van der Waals surface area (Å²) < 4.78 is 30.5. The van der Waals surface area contributed by atoms with E-state index in [-0.39, 0.29) is 10.8 Å². The molecule has 0 unspecified atom stereocenters. The Bertz CT molecular complexity index is 800. The van der Waals surface area contributed by atoms with E-state index in [1.807, 2.05) is 6.07 Å². The molecular formula is C16H22N4O4S. The number of methoxy groups -OCH3 is 1. The van der Waals surface area contributed by atoms with E-state index in [1.54, 1.807) is 19.2 Å². The maximum atomic E-state index is 11.9. The standard InChI is InChI=1S/C16H22N4O4S/c1-17-25(22,23)15-6-3-12(4-7-15)5-8-16(21)18-10-13-9-14(11-24-2)20-19-13/h3-4,6-7,9,17H,5,8,10-11H2,1-2H3,(H,18,21)(H,19,20). The average molecular weight is 366 g/mol. The van der Waals surface area contributed by atoms with Gasteiger partial charge in [0.25, 0.3) is 0 Å². The number of aryl methyl sites for hydroxylation is 1. The number of ether oxygens (including phenoxy) is 1. The molecule has 2 aromatic rings. The van der Waals surface area contributed by atoms with Gasteiger partial charge in [-0.15, -0.1) is 0 Å². The maximum absolute atomic E-state index is 11.9. The molecule has 136 valence electrons. The van der Waals surface area contributed by atoms with Gasteiger partial charge in [0.05, 0.1) is 29.4 Å². The number of aromatic nitrogens is 2. The number of hydrogen-bond donors (Lipinski definition) is 3. The largest absolute Gasteiger partial charge is 0.378 e. The highest BCUT2D eigenvalue weighted by Crippen LogP contribution is 2.11.